The first-order valence-electron chi connectivity index (χ1n) is 38.5. The molecule has 0 saturated carbocycles. The van der Waals surface area contributed by atoms with Crippen LogP contribution in [0.4, 0.5) is 0 Å². The summed E-state index contributed by atoms with van der Waals surface area (Å²) in [5.41, 5.74) is 9.29. The van der Waals surface area contributed by atoms with Crippen LogP contribution in [0.1, 0.15) is 68.5 Å². The Bertz CT molecular complexity index is 4170. The molecule has 17 nitrogen and oxygen atoms in total. The molecule has 10 aromatic carbocycles. The van der Waals surface area contributed by atoms with Crippen LogP contribution in [0.15, 0.2) is 310 Å². The zero-order valence-electron chi connectivity index (χ0n) is 63.0. The number of hydrogen-bond donors (Lipinski definition) is 0. The van der Waals surface area contributed by atoms with Crippen LogP contribution >= 0.6 is 0 Å². The van der Waals surface area contributed by atoms with Gasteiger partial charge < -0.3 is 80.5 Å². The van der Waals surface area contributed by atoms with Gasteiger partial charge in [-0.05, 0) is 80.6 Å². The molecule has 10 aromatic rings. The van der Waals surface area contributed by atoms with Crippen LogP contribution in [0.5, 0.6) is 5.75 Å². The smallest absolute Gasteiger partial charge is 0.187 e. The molecular formula is C94H102O17. The maximum atomic E-state index is 7.94. The lowest BCUT2D eigenvalue weighted by atomic mass is 9.95. The Hall–Kier alpha value is -8.90. The van der Waals surface area contributed by atoms with Gasteiger partial charge in [0.15, 0.2) is 18.9 Å². The predicted molar refractivity (Wildman–Crippen MR) is 421 cm³/mol. The first-order valence-corrected chi connectivity index (χ1v) is 38.5. The summed E-state index contributed by atoms with van der Waals surface area (Å²) in [5, 5.41) is 0. The molecule has 13 rings (SSSR count). The number of allylic oxidation sites excluding steroid dienone is 1. The van der Waals surface area contributed by atoms with Crippen molar-refractivity contribution in [1.82, 2.24) is 0 Å². The Balaban J connectivity index is 0.945. The van der Waals surface area contributed by atoms with Gasteiger partial charge in [-0.15, -0.1) is 6.58 Å². The van der Waals surface area contributed by atoms with E-state index in [2.05, 4.69) is 6.58 Å². The second-order valence-electron chi connectivity index (χ2n) is 27.8. The van der Waals surface area contributed by atoms with Gasteiger partial charge in [0.1, 0.15) is 79.0 Å². The monoisotopic (exact) mass is 1500 g/mol. The largest absolute Gasteiger partial charge is 0.497 e. The first-order chi connectivity index (χ1) is 55.0. The summed E-state index contributed by atoms with van der Waals surface area (Å²) >= 11 is 0. The Morgan fingerprint density at radius 1 is 0.261 bits per heavy atom. The van der Waals surface area contributed by atoms with E-state index in [0.29, 0.717) is 18.8 Å². The summed E-state index contributed by atoms with van der Waals surface area (Å²) in [6, 6.07) is 98.0. The molecule has 3 saturated heterocycles. The zero-order valence-corrected chi connectivity index (χ0v) is 63.0. The lowest BCUT2D eigenvalue weighted by molar-refractivity contribution is -0.395. The number of benzene rings is 10. The maximum Gasteiger partial charge on any atom is 0.187 e. The van der Waals surface area contributed by atoms with Crippen molar-refractivity contribution in [1.29, 1.82) is 0 Å². The minimum atomic E-state index is -1.31. The van der Waals surface area contributed by atoms with E-state index < -0.39 is 92.1 Å². The molecule has 3 aliphatic heterocycles. The van der Waals surface area contributed by atoms with Crippen LogP contribution < -0.4 is 4.74 Å². The molecule has 0 unspecified atom stereocenters. The van der Waals surface area contributed by atoms with Gasteiger partial charge in [0.25, 0.3) is 0 Å². The molecule has 3 fully saturated rings. The SMILES string of the molecule is C=CCCCO[C@@H]1O[C@H](COCc2ccccc2)[C@@H](O[C@@H]2O[C@H](COCc3ccccc3)[C@H](O[C@H]3O[C@H](COCc4ccccc4)[C@H](OCc4ccccc4)[C@H](OCc4ccc(OC)cc4)[C@H]3OCc3ccccc3)[C@H](OCc3ccccc3)[C@H]2OCc2ccccc2)[C@H](OCc2ccccc2)[C@H]1OCc1ccccc1. The molecule has 3 aliphatic rings. The Morgan fingerprint density at radius 2 is 0.505 bits per heavy atom. The highest BCUT2D eigenvalue weighted by Gasteiger charge is 2.57. The molecule has 0 aliphatic carbocycles. The summed E-state index contributed by atoms with van der Waals surface area (Å²) in [6.45, 7) is 6.21. The van der Waals surface area contributed by atoms with E-state index in [1.54, 1.807) is 7.11 Å². The van der Waals surface area contributed by atoms with Crippen LogP contribution in [0.3, 0.4) is 0 Å². The quantitative estimate of drug-likeness (QED) is 0.0262. The fourth-order valence-electron chi connectivity index (χ4n) is 13.9. The molecular weight excluding hydrogens is 1400 g/mol. The summed E-state index contributed by atoms with van der Waals surface area (Å²) < 4.78 is 123. The van der Waals surface area contributed by atoms with Gasteiger partial charge in [-0.1, -0.05) is 291 Å². The number of ether oxygens (including phenoxy) is 17. The van der Waals surface area contributed by atoms with E-state index in [0.717, 1.165) is 62.1 Å². The van der Waals surface area contributed by atoms with E-state index >= 15 is 0 Å². The maximum absolute atomic E-state index is 7.94. The summed E-state index contributed by atoms with van der Waals surface area (Å²) in [5.74, 6) is 0.712. The van der Waals surface area contributed by atoms with Crippen molar-refractivity contribution in [2.24, 2.45) is 0 Å². The molecule has 0 radical (unpaired) electrons. The van der Waals surface area contributed by atoms with Gasteiger partial charge in [-0.25, -0.2) is 0 Å². The molecule has 3 heterocycles. The van der Waals surface area contributed by atoms with Crippen molar-refractivity contribution in [3.63, 3.8) is 0 Å². The topological polar surface area (TPSA) is 157 Å². The Labute approximate surface area is 653 Å². The van der Waals surface area contributed by atoms with Crippen LogP contribution in [-0.2, 0) is 142 Å². The van der Waals surface area contributed by atoms with Crippen molar-refractivity contribution in [2.75, 3.05) is 33.5 Å². The first kappa shape index (κ1) is 80.2. The van der Waals surface area contributed by atoms with Gasteiger partial charge in [0, 0.05) is 0 Å². The number of unbranched alkanes of at least 4 members (excludes halogenated alkanes) is 1. The third-order valence-corrected chi connectivity index (χ3v) is 19.7. The van der Waals surface area contributed by atoms with Crippen LogP contribution in [0, 0.1) is 0 Å². The third-order valence-electron chi connectivity index (χ3n) is 19.7. The molecule has 0 amide bonds. The van der Waals surface area contributed by atoms with Crippen LogP contribution in [-0.4, -0.2) is 126 Å². The highest BCUT2D eigenvalue weighted by molar-refractivity contribution is 5.27. The van der Waals surface area contributed by atoms with Crippen LogP contribution in [0.25, 0.3) is 0 Å². The van der Waals surface area contributed by atoms with Gasteiger partial charge >= 0.3 is 0 Å². The van der Waals surface area contributed by atoms with Crippen molar-refractivity contribution in [3.8, 4) is 5.75 Å². The Kier molecular flexibility index (Phi) is 31.6. The van der Waals surface area contributed by atoms with Crippen molar-refractivity contribution >= 4 is 0 Å². The van der Waals surface area contributed by atoms with Crippen molar-refractivity contribution in [2.45, 2.75) is 171 Å². The lowest BCUT2D eigenvalue weighted by Gasteiger charge is -2.52. The normalized spacial score (nSPS) is 23.9. The predicted octanol–water partition coefficient (Wildman–Crippen LogP) is 16.7. The molecule has 17 heteroatoms. The van der Waals surface area contributed by atoms with E-state index in [1.807, 2.05) is 303 Å². The summed E-state index contributed by atoms with van der Waals surface area (Å²) in [6.07, 6.45) is -11.9. The summed E-state index contributed by atoms with van der Waals surface area (Å²) in [4.78, 5) is 0. The molecule has 0 bridgehead atoms. The second-order valence-corrected chi connectivity index (χ2v) is 27.8. The minimum Gasteiger partial charge on any atom is -0.497 e. The number of rotatable bonds is 43. The van der Waals surface area contributed by atoms with Gasteiger partial charge in [-0.3, -0.25) is 0 Å². The highest BCUT2D eigenvalue weighted by atomic mass is 16.8. The van der Waals surface area contributed by atoms with Gasteiger partial charge in [0.05, 0.1) is 99.6 Å². The molecule has 0 spiro atoms. The zero-order chi connectivity index (χ0) is 75.7. The molecule has 111 heavy (non-hydrogen) atoms. The standard InChI is InChI=1S/C94H102O17/c1-3-4-32-55-99-92-89(104-62-75-45-26-11-27-46-75)87(102-60-73-41-22-9-23-42-73)84(81(107-92)67-97-57-70-35-16-6-17-36-70)110-94-91(106-64-77-49-30-13-31-50-77)88(103-61-74-43-24-10-25-44-74)85(82(109-94)68-98-58-71-37-18-7-19-38-71)111-93-90(105-63-76-47-28-12-29-48-76)86(101-65-78-51-53-79(95-2)54-52-78)83(100-59-72-39-20-8-21-40-72)80(108-93)66-96-56-69-33-14-5-15-34-69/h3,5-31,33-54,80-94H,1,4,32,55-68H2,2H3/t80-,81-,82-,83+,84-,85+,86+,87+,88+,89-,90-,91-,92-,93-,94+/m1/s1. The third kappa shape index (κ3) is 24.3. The molecule has 0 N–H and O–H groups in total. The van der Waals surface area contributed by atoms with Gasteiger partial charge in [-0.2, -0.15) is 0 Å². The Morgan fingerprint density at radius 3 is 0.802 bits per heavy atom. The van der Waals surface area contributed by atoms with Gasteiger partial charge in [0.2, 0.25) is 0 Å². The fraction of sp³-hybridized carbons (Fsp3) is 0.340. The minimum absolute atomic E-state index is 0.0333. The number of hydrogen-bond acceptors (Lipinski definition) is 17. The molecule has 0 aromatic heterocycles. The summed E-state index contributed by atoms with van der Waals surface area (Å²) in [7, 11) is 1.65. The van der Waals surface area contributed by atoms with E-state index in [4.69, 9.17) is 80.5 Å². The highest BCUT2D eigenvalue weighted by Crippen LogP contribution is 2.40. The van der Waals surface area contributed by atoms with Crippen LogP contribution in [0.2, 0.25) is 0 Å². The van der Waals surface area contributed by atoms with Crippen molar-refractivity contribution in [3.05, 3.63) is 366 Å². The average molecular weight is 1500 g/mol. The fourth-order valence-corrected chi connectivity index (χ4v) is 13.9. The van der Waals surface area contributed by atoms with E-state index in [9.17, 15) is 0 Å². The average Bonchev–Trinajstić information content (AvgIpc) is 0.764. The lowest BCUT2D eigenvalue weighted by Crippen LogP contribution is -2.68. The van der Waals surface area contributed by atoms with E-state index in [1.165, 1.54) is 0 Å². The van der Waals surface area contributed by atoms with E-state index in [-0.39, 0.29) is 85.9 Å². The van der Waals surface area contributed by atoms with Crippen molar-refractivity contribution < 1.29 is 80.5 Å². The number of methoxy groups -OCH3 is 1. The molecule has 580 valence electrons. The molecule has 15 atom stereocenters. The second kappa shape index (κ2) is 43.8.